The second-order valence-corrected chi connectivity index (χ2v) is 7.20. The molecule has 3 rings (SSSR count). The van der Waals surface area contributed by atoms with Gasteiger partial charge in [-0.05, 0) is 36.6 Å². The molecule has 0 unspecified atom stereocenters. The molecule has 1 N–H and O–H groups in total. The molecule has 7 nitrogen and oxygen atoms in total. The van der Waals surface area contributed by atoms with Gasteiger partial charge >= 0.3 is 0 Å². The van der Waals surface area contributed by atoms with E-state index in [1.165, 1.54) is 11.8 Å². The van der Waals surface area contributed by atoms with E-state index in [-0.39, 0.29) is 11.7 Å². The van der Waals surface area contributed by atoms with E-state index >= 15 is 0 Å². The van der Waals surface area contributed by atoms with E-state index in [1.54, 1.807) is 32.4 Å². The highest BCUT2D eigenvalue weighted by atomic mass is 32.2. The summed E-state index contributed by atoms with van der Waals surface area (Å²) in [5, 5.41) is 11.4. The second-order valence-electron chi connectivity index (χ2n) is 6.27. The lowest BCUT2D eigenvalue weighted by Crippen LogP contribution is -2.16. The van der Waals surface area contributed by atoms with E-state index in [2.05, 4.69) is 22.4 Å². The number of aromatic nitrogens is 2. The first-order valence-electron chi connectivity index (χ1n) is 9.12. The molecule has 29 heavy (non-hydrogen) atoms. The third kappa shape index (κ3) is 5.08. The summed E-state index contributed by atoms with van der Waals surface area (Å²) in [7, 11) is 3.15. The Labute approximate surface area is 173 Å². The van der Waals surface area contributed by atoms with E-state index in [1.807, 2.05) is 25.1 Å². The lowest BCUT2D eigenvalue weighted by Gasteiger charge is -2.12. The Morgan fingerprint density at radius 2 is 1.86 bits per heavy atom. The fourth-order valence-electron chi connectivity index (χ4n) is 2.82. The maximum Gasteiger partial charge on any atom is 0.277 e. The molecule has 0 aliphatic rings. The maximum absolute atomic E-state index is 12.4. The van der Waals surface area contributed by atoms with Crippen LogP contribution in [-0.2, 0) is 11.2 Å². The summed E-state index contributed by atoms with van der Waals surface area (Å²) in [6, 6.07) is 11.3. The van der Waals surface area contributed by atoms with Crippen molar-refractivity contribution in [1.82, 2.24) is 10.2 Å². The average molecular weight is 413 g/mol. The van der Waals surface area contributed by atoms with Gasteiger partial charge in [0.05, 0.1) is 20.0 Å². The lowest BCUT2D eigenvalue weighted by atomic mass is 10.1. The highest BCUT2D eigenvalue weighted by molar-refractivity contribution is 7.99. The predicted molar refractivity (Wildman–Crippen MR) is 113 cm³/mol. The Bertz CT molecular complexity index is 981. The summed E-state index contributed by atoms with van der Waals surface area (Å²) in [6.07, 6.45) is 0.849. The minimum Gasteiger partial charge on any atom is -0.497 e. The first kappa shape index (κ1) is 20.7. The summed E-state index contributed by atoms with van der Waals surface area (Å²) in [6.45, 7) is 4.04. The van der Waals surface area contributed by atoms with Crippen LogP contribution in [0.3, 0.4) is 0 Å². The van der Waals surface area contributed by atoms with Crippen LogP contribution in [0.2, 0.25) is 0 Å². The molecule has 152 valence electrons. The van der Waals surface area contributed by atoms with E-state index in [4.69, 9.17) is 13.9 Å². The van der Waals surface area contributed by atoms with Crippen LogP contribution in [0.4, 0.5) is 5.69 Å². The SMILES string of the molecule is CCc1cccc(C)c1NC(=O)CSc1nnc(-c2cc(OC)cc(OC)c2)o1. The number of carbonyl (C=O) groups excluding carboxylic acids is 1. The molecular formula is C21H23N3O4S. The van der Waals surface area contributed by atoms with Gasteiger partial charge in [0, 0.05) is 17.3 Å². The van der Waals surface area contributed by atoms with Gasteiger partial charge in [-0.3, -0.25) is 4.79 Å². The summed E-state index contributed by atoms with van der Waals surface area (Å²) in [4.78, 5) is 12.4. The number of para-hydroxylation sites is 1. The molecule has 0 fully saturated rings. The lowest BCUT2D eigenvalue weighted by molar-refractivity contribution is -0.113. The third-order valence-electron chi connectivity index (χ3n) is 4.34. The minimum absolute atomic E-state index is 0.123. The predicted octanol–water partition coefficient (Wildman–Crippen LogP) is 4.36. The molecule has 0 atom stereocenters. The van der Waals surface area contributed by atoms with Gasteiger partial charge in [-0.25, -0.2) is 0 Å². The standard InChI is InChI=1S/C21H23N3O4S/c1-5-14-8-6-7-13(2)19(14)22-18(25)12-29-21-24-23-20(28-21)15-9-16(26-3)11-17(10-15)27-4/h6-11H,5,12H2,1-4H3,(H,22,25). The van der Waals surface area contributed by atoms with Crippen molar-refractivity contribution >= 4 is 23.4 Å². The molecule has 0 bridgehead atoms. The smallest absolute Gasteiger partial charge is 0.277 e. The first-order chi connectivity index (χ1) is 14.0. The van der Waals surface area contributed by atoms with Gasteiger partial charge in [-0.15, -0.1) is 10.2 Å². The number of rotatable bonds is 8. The highest BCUT2D eigenvalue weighted by Gasteiger charge is 2.14. The Balaban J connectivity index is 1.66. The molecular weight excluding hydrogens is 390 g/mol. The van der Waals surface area contributed by atoms with Crippen LogP contribution >= 0.6 is 11.8 Å². The summed E-state index contributed by atoms with van der Waals surface area (Å²) in [5.74, 6) is 1.62. The van der Waals surface area contributed by atoms with E-state index < -0.39 is 0 Å². The van der Waals surface area contributed by atoms with Crippen molar-refractivity contribution in [3.8, 4) is 23.0 Å². The van der Waals surface area contributed by atoms with Gasteiger partial charge in [-0.1, -0.05) is 36.9 Å². The van der Waals surface area contributed by atoms with Crippen LogP contribution in [0.25, 0.3) is 11.5 Å². The number of thioether (sulfide) groups is 1. The van der Waals surface area contributed by atoms with Crippen LogP contribution in [0.5, 0.6) is 11.5 Å². The highest BCUT2D eigenvalue weighted by Crippen LogP contribution is 2.30. The van der Waals surface area contributed by atoms with Gasteiger partial charge in [0.15, 0.2) is 0 Å². The summed E-state index contributed by atoms with van der Waals surface area (Å²) < 4.78 is 16.2. The zero-order chi connectivity index (χ0) is 20.8. The van der Waals surface area contributed by atoms with Gasteiger partial charge in [-0.2, -0.15) is 0 Å². The molecule has 8 heteroatoms. The number of nitrogens with zero attached hydrogens (tertiary/aromatic N) is 2. The number of nitrogens with one attached hydrogen (secondary N) is 1. The monoisotopic (exact) mass is 413 g/mol. The second kappa shape index (κ2) is 9.47. The van der Waals surface area contributed by atoms with Crippen molar-refractivity contribution in [2.75, 3.05) is 25.3 Å². The van der Waals surface area contributed by atoms with Crippen LogP contribution in [0.15, 0.2) is 46.0 Å². The Hall–Kier alpha value is -3.00. The quantitative estimate of drug-likeness (QED) is 0.549. The van der Waals surface area contributed by atoms with Crippen molar-refractivity contribution in [2.24, 2.45) is 0 Å². The molecule has 0 aliphatic carbocycles. The number of hydrogen-bond acceptors (Lipinski definition) is 7. The number of amides is 1. The van der Waals surface area contributed by atoms with Crippen molar-refractivity contribution in [3.63, 3.8) is 0 Å². The fraction of sp³-hybridized carbons (Fsp3) is 0.286. The maximum atomic E-state index is 12.4. The number of ether oxygens (including phenoxy) is 2. The van der Waals surface area contributed by atoms with Crippen molar-refractivity contribution in [1.29, 1.82) is 0 Å². The Kier molecular flexibility index (Phi) is 6.77. The molecule has 0 saturated carbocycles. The van der Waals surface area contributed by atoms with Crippen LogP contribution < -0.4 is 14.8 Å². The van der Waals surface area contributed by atoms with Crippen LogP contribution in [0.1, 0.15) is 18.1 Å². The molecule has 3 aromatic rings. The number of aryl methyl sites for hydroxylation is 2. The van der Waals surface area contributed by atoms with Gasteiger partial charge in [0.1, 0.15) is 11.5 Å². The third-order valence-corrected chi connectivity index (χ3v) is 5.15. The number of hydrogen-bond donors (Lipinski definition) is 1. The number of benzene rings is 2. The Morgan fingerprint density at radius 3 is 2.52 bits per heavy atom. The normalized spacial score (nSPS) is 10.6. The van der Waals surface area contributed by atoms with E-state index in [0.29, 0.717) is 28.2 Å². The molecule has 1 heterocycles. The molecule has 1 aromatic heterocycles. The zero-order valence-electron chi connectivity index (χ0n) is 16.8. The molecule has 0 aliphatic heterocycles. The number of methoxy groups -OCH3 is 2. The Morgan fingerprint density at radius 1 is 1.14 bits per heavy atom. The van der Waals surface area contributed by atoms with E-state index in [9.17, 15) is 4.79 Å². The minimum atomic E-state index is -0.123. The molecule has 0 radical (unpaired) electrons. The largest absolute Gasteiger partial charge is 0.497 e. The molecule has 0 saturated heterocycles. The van der Waals surface area contributed by atoms with Gasteiger partial charge in [0.2, 0.25) is 11.8 Å². The van der Waals surface area contributed by atoms with Crippen molar-refractivity contribution in [3.05, 3.63) is 47.5 Å². The molecule has 2 aromatic carbocycles. The van der Waals surface area contributed by atoms with Gasteiger partial charge in [0.25, 0.3) is 5.22 Å². The fourth-order valence-corrected chi connectivity index (χ4v) is 3.38. The number of carbonyl (C=O) groups is 1. The van der Waals surface area contributed by atoms with Crippen molar-refractivity contribution < 1.29 is 18.7 Å². The first-order valence-corrected chi connectivity index (χ1v) is 10.1. The number of anilines is 1. The van der Waals surface area contributed by atoms with Crippen LogP contribution in [0, 0.1) is 6.92 Å². The van der Waals surface area contributed by atoms with Crippen molar-refractivity contribution in [2.45, 2.75) is 25.5 Å². The van der Waals surface area contributed by atoms with E-state index in [0.717, 1.165) is 23.2 Å². The summed E-state index contributed by atoms with van der Waals surface area (Å²) >= 11 is 1.19. The summed E-state index contributed by atoms with van der Waals surface area (Å²) in [5.41, 5.74) is 3.69. The molecule has 1 amide bonds. The van der Waals surface area contributed by atoms with Gasteiger partial charge < -0.3 is 19.2 Å². The molecule has 0 spiro atoms. The average Bonchev–Trinajstić information content (AvgIpc) is 3.22. The van der Waals surface area contributed by atoms with Crippen LogP contribution in [-0.4, -0.2) is 36.1 Å². The zero-order valence-corrected chi connectivity index (χ0v) is 17.6. The topological polar surface area (TPSA) is 86.5 Å².